The Morgan fingerprint density at radius 2 is 1.77 bits per heavy atom. The van der Waals surface area contributed by atoms with Crippen molar-refractivity contribution >= 4 is 22.7 Å². The quantitative estimate of drug-likeness (QED) is 0.636. The molecule has 0 spiro atoms. The summed E-state index contributed by atoms with van der Waals surface area (Å²) < 4.78 is 7.46. The largest absolute Gasteiger partial charge is 0.493 e. The number of amides is 1. The van der Waals surface area contributed by atoms with Crippen LogP contribution in [0.1, 0.15) is 42.6 Å². The minimum absolute atomic E-state index is 0.00929. The molecule has 0 unspecified atom stereocenters. The summed E-state index contributed by atoms with van der Waals surface area (Å²) >= 11 is 0. The molecule has 4 rings (SSSR count). The molecule has 1 aliphatic rings. The molecule has 0 saturated carbocycles. The van der Waals surface area contributed by atoms with Crippen molar-refractivity contribution in [2.75, 3.05) is 19.7 Å². The molecule has 0 radical (unpaired) electrons. The number of aromatic amines is 1. The number of aromatic nitrogens is 2. The van der Waals surface area contributed by atoms with Gasteiger partial charge < -0.3 is 14.6 Å². The lowest BCUT2D eigenvalue weighted by atomic mass is 10.0. The number of imidazole rings is 1. The van der Waals surface area contributed by atoms with Gasteiger partial charge in [-0.25, -0.2) is 4.79 Å². The fourth-order valence-electron chi connectivity index (χ4n) is 4.01. The number of ketones is 1. The predicted molar refractivity (Wildman–Crippen MR) is 114 cm³/mol. The van der Waals surface area contributed by atoms with Crippen molar-refractivity contribution in [3.63, 3.8) is 0 Å². The van der Waals surface area contributed by atoms with Crippen LogP contribution in [0.15, 0.2) is 53.3 Å². The van der Waals surface area contributed by atoms with Gasteiger partial charge in [0.1, 0.15) is 5.75 Å². The molecule has 1 fully saturated rings. The number of carbonyl (C=O) groups excluding carboxylic acids is 2. The number of piperidine rings is 1. The molecule has 1 N–H and O–H groups in total. The number of H-pyrrole nitrogens is 1. The smallest absolute Gasteiger partial charge is 0.326 e. The number of rotatable bonds is 6. The van der Waals surface area contributed by atoms with Gasteiger partial charge in [-0.2, -0.15) is 0 Å². The lowest BCUT2D eigenvalue weighted by Crippen LogP contribution is -2.40. The summed E-state index contributed by atoms with van der Waals surface area (Å²) in [5.41, 5.74) is 2.30. The van der Waals surface area contributed by atoms with E-state index in [4.69, 9.17) is 4.74 Å². The lowest BCUT2D eigenvalue weighted by molar-refractivity contribution is -0.133. The zero-order chi connectivity index (χ0) is 21.1. The number of carbonyl (C=O) groups is 2. The van der Waals surface area contributed by atoms with Crippen LogP contribution in [0, 0.1) is 0 Å². The number of hydrogen-bond donors (Lipinski definition) is 1. The molecule has 3 aromatic rings. The third-order valence-electron chi connectivity index (χ3n) is 5.65. The van der Waals surface area contributed by atoms with Crippen LogP contribution in [0.25, 0.3) is 11.0 Å². The molecule has 156 valence electrons. The zero-order valence-electron chi connectivity index (χ0n) is 17.0. The first-order valence-electron chi connectivity index (χ1n) is 10.2. The highest BCUT2D eigenvalue weighted by molar-refractivity contribution is 5.94. The van der Waals surface area contributed by atoms with Gasteiger partial charge in [0.15, 0.2) is 5.78 Å². The number of nitrogens with zero attached hydrogens (tertiary/aromatic N) is 2. The van der Waals surface area contributed by atoms with Gasteiger partial charge in [0.05, 0.1) is 24.1 Å². The monoisotopic (exact) mass is 407 g/mol. The highest BCUT2D eigenvalue weighted by Crippen LogP contribution is 2.25. The summed E-state index contributed by atoms with van der Waals surface area (Å²) in [6.07, 6.45) is 1.80. The number of hydrogen-bond acceptors (Lipinski definition) is 4. The summed E-state index contributed by atoms with van der Waals surface area (Å²) in [4.78, 5) is 41.0. The van der Waals surface area contributed by atoms with Crippen LogP contribution in [-0.4, -0.2) is 45.8 Å². The van der Waals surface area contributed by atoms with Gasteiger partial charge in [-0.1, -0.05) is 12.1 Å². The van der Waals surface area contributed by atoms with Gasteiger partial charge in [0.2, 0.25) is 5.91 Å². The number of benzene rings is 2. The molecule has 2 heterocycles. The summed E-state index contributed by atoms with van der Waals surface area (Å²) in [7, 11) is 0. The fourth-order valence-corrected chi connectivity index (χ4v) is 4.01. The third kappa shape index (κ3) is 4.15. The van der Waals surface area contributed by atoms with E-state index in [9.17, 15) is 14.4 Å². The molecule has 7 heteroatoms. The standard InChI is InChI=1S/C23H25N3O4/c1-16(27)17-6-8-19(9-7-17)30-15-12-22(28)25-13-10-18(11-14-25)26-21-5-3-2-4-20(21)24-23(26)29/h2-9,18H,10-15H2,1H3,(H,24,29). The Morgan fingerprint density at radius 1 is 1.07 bits per heavy atom. The minimum Gasteiger partial charge on any atom is -0.493 e. The van der Waals surface area contributed by atoms with Crippen LogP contribution < -0.4 is 10.4 Å². The average Bonchev–Trinajstić information content (AvgIpc) is 3.10. The van der Waals surface area contributed by atoms with Crippen LogP contribution >= 0.6 is 0 Å². The van der Waals surface area contributed by atoms with E-state index in [1.54, 1.807) is 24.3 Å². The maximum atomic E-state index is 12.5. The fraction of sp³-hybridized carbons (Fsp3) is 0.348. The van der Waals surface area contributed by atoms with E-state index < -0.39 is 0 Å². The van der Waals surface area contributed by atoms with Crippen LogP contribution in [0.4, 0.5) is 0 Å². The maximum Gasteiger partial charge on any atom is 0.326 e. The van der Waals surface area contributed by atoms with E-state index in [1.807, 2.05) is 33.7 Å². The Morgan fingerprint density at radius 3 is 2.47 bits per heavy atom. The molecule has 0 bridgehead atoms. The summed E-state index contributed by atoms with van der Waals surface area (Å²) in [5.74, 6) is 0.709. The average molecular weight is 407 g/mol. The molecule has 1 aromatic heterocycles. The predicted octanol–water partition coefficient (Wildman–Crippen LogP) is 3.16. The Hall–Kier alpha value is -3.35. The molecule has 1 amide bonds. The third-order valence-corrected chi connectivity index (χ3v) is 5.65. The maximum absolute atomic E-state index is 12.5. The zero-order valence-corrected chi connectivity index (χ0v) is 17.0. The molecule has 7 nitrogen and oxygen atoms in total. The van der Waals surface area contributed by atoms with Crippen LogP contribution in [0.3, 0.4) is 0 Å². The van der Waals surface area contributed by atoms with E-state index in [-0.39, 0.29) is 23.4 Å². The number of ether oxygens (including phenoxy) is 1. The van der Waals surface area contributed by atoms with E-state index in [0.717, 1.165) is 23.9 Å². The highest BCUT2D eigenvalue weighted by atomic mass is 16.5. The summed E-state index contributed by atoms with van der Waals surface area (Å²) in [6.45, 7) is 3.07. The Bertz CT molecular complexity index is 1110. The van der Waals surface area contributed by atoms with Gasteiger partial charge in [-0.3, -0.25) is 14.2 Å². The van der Waals surface area contributed by atoms with Gasteiger partial charge >= 0.3 is 5.69 Å². The minimum atomic E-state index is -0.0924. The first-order valence-corrected chi connectivity index (χ1v) is 10.2. The van der Waals surface area contributed by atoms with Crippen molar-refractivity contribution in [1.82, 2.24) is 14.5 Å². The second-order valence-electron chi connectivity index (χ2n) is 7.61. The number of likely N-dealkylation sites (tertiary alicyclic amines) is 1. The number of fused-ring (bicyclic) bond motifs is 1. The normalized spacial score (nSPS) is 14.8. The van der Waals surface area contributed by atoms with Crippen LogP contribution in [0.5, 0.6) is 5.75 Å². The summed E-state index contributed by atoms with van der Waals surface area (Å²) in [5, 5.41) is 0. The topological polar surface area (TPSA) is 84.4 Å². The molecule has 2 aromatic carbocycles. The van der Waals surface area contributed by atoms with Crippen molar-refractivity contribution in [2.45, 2.75) is 32.2 Å². The van der Waals surface area contributed by atoms with E-state index >= 15 is 0 Å². The molecule has 30 heavy (non-hydrogen) atoms. The first kappa shape index (κ1) is 19.9. The van der Waals surface area contributed by atoms with E-state index in [0.29, 0.717) is 37.4 Å². The molecule has 1 saturated heterocycles. The van der Waals surface area contributed by atoms with E-state index in [2.05, 4.69) is 4.98 Å². The molecule has 0 atom stereocenters. The van der Waals surface area contributed by atoms with Crippen molar-refractivity contribution < 1.29 is 14.3 Å². The number of Topliss-reactive ketones (excluding diaryl/α,β-unsaturated/α-hetero) is 1. The Labute approximate surface area is 174 Å². The van der Waals surface area contributed by atoms with Gasteiger partial charge in [0, 0.05) is 24.7 Å². The first-order chi connectivity index (χ1) is 14.5. The van der Waals surface area contributed by atoms with Crippen molar-refractivity contribution in [3.8, 4) is 5.75 Å². The highest BCUT2D eigenvalue weighted by Gasteiger charge is 2.25. The number of nitrogens with one attached hydrogen (secondary N) is 1. The van der Waals surface area contributed by atoms with Crippen LogP contribution in [-0.2, 0) is 4.79 Å². The second kappa shape index (κ2) is 8.57. The molecular formula is C23H25N3O4. The van der Waals surface area contributed by atoms with Crippen molar-refractivity contribution in [2.24, 2.45) is 0 Å². The van der Waals surface area contributed by atoms with Crippen molar-refractivity contribution in [1.29, 1.82) is 0 Å². The second-order valence-corrected chi connectivity index (χ2v) is 7.61. The SMILES string of the molecule is CC(=O)c1ccc(OCCC(=O)N2CCC(n3c(=O)[nH]c4ccccc43)CC2)cc1. The molecule has 0 aliphatic carbocycles. The number of para-hydroxylation sites is 2. The molecule has 1 aliphatic heterocycles. The Balaban J connectivity index is 1.28. The van der Waals surface area contributed by atoms with Gasteiger partial charge in [0.25, 0.3) is 0 Å². The Kier molecular flexibility index (Phi) is 5.70. The van der Waals surface area contributed by atoms with Gasteiger partial charge in [-0.05, 0) is 56.2 Å². The van der Waals surface area contributed by atoms with Gasteiger partial charge in [-0.15, -0.1) is 0 Å². The van der Waals surface area contributed by atoms with Crippen LogP contribution in [0.2, 0.25) is 0 Å². The lowest BCUT2D eigenvalue weighted by Gasteiger charge is -2.32. The van der Waals surface area contributed by atoms with E-state index in [1.165, 1.54) is 6.92 Å². The summed E-state index contributed by atoms with van der Waals surface area (Å²) in [6, 6.07) is 14.7. The molecular weight excluding hydrogens is 382 g/mol. The van der Waals surface area contributed by atoms with Crippen molar-refractivity contribution in [3.05, 3.63) is 64.6 Å².